The van der Waals surface area contributed by atoms with Crippen LogP contribution in [0, 0.1) is 5.92 Å². The fourth-order valence-corrected chi connectivity index (χ4v) is 3.07. The monoisotopic (exact) mass is 398 g/mol. The van der Waals surface area contributed by atoms with Gasteiger partial charge in [-0.1, -0.05) is 65.7 Å². The van der Waals surface area contributed by atoms with Crippen molar-refractivity contribution in [3.05, 3.63) is 36.7 Å². The first-order valence-electron chi connectivity index (χ1n) is 11.4. The Morgan fingerprint density at radius 3 is 2.03 bits per heavy atom. The molecule has 0 aliphatic carbocycles. The second-order valence-electron chi connectivity index (χ2n) is 7.89. The van der Waals surface area contributed by atoms with E-state index in [-0.39, 0.29) is 0 Å². The van der Waals surface area contributed by atoms with Crippen LogP contribution in [0.25, 0.3) is 11.4 Å². The number of benzene rings is 1. The summed E-state index contributed by atoms with van der Waals surface area (Å²) in [6.45, 7) is 8.19. The van der Waals surface area contributed by atoms with Crippen LogP contribution < -0.4 is 9.47 Å². The van der Waals surface area contributed by atoms with E-state index < -0.39 is 0 Å². The fourth-order valence-electron chi connectivity index (χ4n) is 3.07. The molecule has 0 saturated heterocycles. The molecular weight excluding hydrogens is 360 g/mol. The van der Waals surface area contributed by atoms with Crippen molar-refractivity contribution in [3.8, 4) is 22.9 Å². The van der Waals surface area contributed by atoms with Gasteiger partial charge < -0.3 is 9.47 Å². The van der Waals surface area contributed by atoms with Crippen LogP contribution in [-0.4, -0.2) is 23.2 Å². The Balaban J connectivity index is 1.69. The van der Waals surface area contributed by atoms with E-state index in [1.165, 1.54) is 44.9 Å². The first-order chi connectivity index (χ1) is 14.2. The second kappa shape index (κ2) is 14.0. The van der Waals surface area contributed by atoms with Gasteiger partial charge in [0.15, 0.2) is 11.6 Å². The number of ether oxygens (including phenoxy) is 2. The van der Waals surface area contributed by atoms with Crippen molar-refractivity contribution in [2.45, 2.75) is 78.6 Å². The molecule has 1 atom stereocenters. The molecular formula is C25H38N2O2. The third-order valence-corrected chi connectivity index (χ3v) is 5.33. The van der Waals surface area contributed by atoms with E-state index in [4.69, 9.17) is 9.47 Å². The maximum atomic E-state index is 5.86. The van der Waals surface area contributed by atoms with Crippen LogP contribution in [0.4, 0.5) is 0 Å². The molecule has 1 aromatic carbocycles. The molecule has 0 saturated carbocycles. The van der Waals surface area contributed by atoms with Crippen molar-refractivity contribution in [1.29, 1.82) is 0 Å². The van der Waals surface area contributed by atoms with E-state index in [0.717, 1.165) is 36.5 Å². The molecule has 29 heavy (non-hydrogen) atoms. The third kappa shape index (κ3) is 9.29. The van der Waals surface area contributed by atoms with Gasteiger partial charge in [-0.2, -0.15) is 0 Å². The summed E-state index contributed by atoms with van der Waals surface area (Å²) in [4.78, 5) is 8.87. The van der Waals surface area contributed by atoms with E-state index in [1.807, 2.05) is 24.3 Å². The SMILES string of the molecule is CCCCCCCCCOc1ccc(-c2ncc(OCCC(C)CC)cn2)cc1. The number of nitrogens with zero attached hydrogens (tertiary/aromatic N) is 2. The zero-order chi connectivity index (χ0) is 20.7. The Morgan fingerprint density at radius 2 is 1.38 bits per heavy atom. The average Bonchev–Trinajstić information content (AvgIpc) is 2.76. The standard InChI is InChI=1S/C25H38N2O2/c1-4-6-7-8-9-10-11-17-28-23-14-12-22(13-15-23)25-26-19-24(20-27-25)29-18-16-21(3)5-2/h12-15,19-21H,4-11,16-18H2,1-3H3. The predicted octanol–water partition coefficient (Wildman–Crippen LogP) is 7.09. The van der Waals surface area contributed by atoms with Crippen LogP contribution in [0.1, 0.15) is 78.6 Å². The molecule has 1 heterocycles. The summed E-state index contributed by atoms with van der Waals surface area (Å²) in [6, 6.07) is 8.02. The summed E-state index contributed by atoms with van der Waals surface area (Å²) in [5, 5.41) is 0. The summed E-state index contributed by atoms with van der Waals surface area (Å²) < 4.78 is 11.6. The van der Waals surface area contributed by atoms with Crippen LogP contribution in [0.15, 0.2) is 36.7 Å². The lowest BCUT2D eigenvalue weighted by atomic mass is 10.1. The molecule has 0 spiro atoms. The third-order valence-electron chi connectivity index (χ3n) is 5.33. The topological polar surface area (TPSA) is 44.2 Å². The van der Waals surface area contributed by atoms with E-state index in [9.17, 15) is 0 Å². The van der Waals surface area contributed by atoms with Gasteiger partial charge in [0.1, 0.15) is 5.75 Å². The minimum atomic E-state index is 0.682. The minimum absolute atomic E-state index is 0.682. The Hall–Kier alpha value is -2.10. The molecule has 160 valence electrons. The zero-order valence-electron chi connectivity index (χ0n) is 18.5. The van der Waals surface area contributed by atoms with Crippen molar-refractivity contribution in [2.24, 2.45) is 5.92 Å². The van der Waals surface area contributed by atoms with Gasteiger partial charge >= 0.3 is 0 Å². The summed E-state index contributed by atoms with van der Waals surface area (Å²) >= 11 is 0. The van der Waals surface area contributed by atoms with Crippen molar-refractivity contribution >= 4 is 0 Å². The van der Waals surface area contributed by atoms with Crippen LogP contribution in [0.5, 0.6) is 11.5 Å². The van der Waals surface area contributed by atoms with E-state index in [0.29, 0.717) is 18.3 Å². The fraction of sp³-hybridized carbons (Fsp3) is 0.600. The molecule has 0 aliphatic heterocycles. The van der Waals surface area contributed by atoms with Gasteiger partial charge in [-0.15, -0.1) is 0 Å². The molecule has 1 aromatic heterocycles. The van der Waals surface area contributed by atoms with Crippen molar-refractivity contribution in [1.82, 2.24) is 9.97 Å². The molecule has 0 bridgehead atoms. The lowest BCUT2D eigenvalue weighted by Gasteiger charge is -2.10. The highest BCUT2D eigenvalue weighted by Crippen LogP contribution is 2.21. The van der Waals surface area contributed by atoms with Gasteiger partial charge in [-0.25, -0.2) is 9.97 Å². The highest BCUT2D eigenvalue weighted by atomic mass is 16.5. The normalized spacial score (nSPS) is 12.0. The predicted molar refractivity (Wildman–Crippen MR) is 121 cm³/mol. The maximum Gasteiger partial charge on any atom is 0.159 e. The quantitative estimate of drug-likeness (QED) is 0.300. The zero-order valence-corrected chi connectivity index (χ0v) is 18.5. The van der Waals surface area contributed by atoms with Gasteiger partial charge in [0, 0.05) is 5.56 Å². The van der Waals surface area contributed by atoms with Gasteiger partial charge in [-0.3, -0.25) is 0 Å². The van der Waals surface area contributed by atoms with Crippen molar-refractivity contribution in [2.75, 3.05) is 13.2 Å². The largest absolute Gasteiger partial charge is 0.494 e. The number of hydrogen-bond donors (Lipinski definition) is 0. The van der Waals surface area contributed by atoms with Crippen LogP contribution in [-0.2, 0) is 0 Å². The molecule has 4 heteroatoms. The molecule has 0 aliphatic rings. The lowest BCUT2D eigenvalue weighted by Crippen LogP contribution is -2.04. The second-order valence-corrected chi connectivity index (χ2v) is 7.89. The highest BCUT2D eigenvalue weighted by Gasteiger charge is 2.04. The Labute approximate surface area is 177 Å². The van der Waals surface area contributed by atoms with Gasteiger partial charge in [-0.05, 0) is 43.0 Å². The van der Waals surface area contributed by atoms with Gasteiger partial charge in [0.05, 0.1) is 25.6 Å². The molecule has 0 amide bonds. The van der Waals surface area contributed by atoms with E-state index in [2.05, 4.69) is 30.7 Å². The molecule has 4 nitrogen and oxygen atoms in total. The Bertz CT molecular complexity index is 656. The first-order valence-corrected chi connectivity index (χ1v) is 11.4. The van der Waals surface area contributed by atoms with E-state index in [1.54, 1.807) is 12.4 Å². The first kappa shape index (κ1) is 23.2. The summed E-state index contributed by atoms with van der Waals surface area (Å²) in [7, 11) is 0. The number of unbranched alkanes of at least 4 members (excludes halogenated alkanes) is 6. The number of aromatic nitrogens is 2. The maximum absolute atomic E-state index is 5.86. The number of hydrogen-bond acceptors (Lipinski definition) is 4. The average molecular weight is 399 g/mol. The van der Waals surface area contributed by atoms with E-state index >= 15 is 0 Å². The lowest BCUT2D eigenvalue weighted by molar-refractivity contribution is 0.280. The molecule has 0 radical (unpaired) electrons. The smallest absolute Gasteiger partial charge is 0.159 e. The molecule has 1 unspecified atom stereocenters. The minimum Gasteiger partial charge on any atom is -0.494 e. The summed E-state index contributed by atoms with van der Waals surface area (Å²) in [6.07, 6.45) is 14.8. The summed E-state index contributed by atoms with van der Waals surface area (Å²) in [5.41, 5.74) is 0.986. The number of rotatable bonds is 15. The van der Waals surface area contributed by atoms with Crippen LogP contribution in [0.3, 0.4) is 0 Å². The van der Waals surface area contributed by atoms with Crippen molar-refractivity contribution in [3.63, 3.8) is 0 Å². The molecule has 0 N–H and O–H groups in total. The Kier molecular flexibility index (Phi) is 11.2. The molecule has 0 fully saturated rings. The molecule has 2 rings (SSSR count). The molecule has 2 aromatic rings. The van der Waals surface area contributed by atoms with Gasteiger partial charge in [0.2, 0.25) is 0 Å². The van der Waals surface area contributed by atoms with Crippen LogP contribution >= 0.6 is 0 Å². The highest BCUT2D eigenvalue weighted by molar-refractivity contribution is 5.56. The summed E-state index contributed by atoms with van der Waals surface area (Å²) in [5.74, 6) is 3.02. The Morgan fingerprint density at radius 1 is 0.759 bits per heavy atom. The van der Waals surface area contributed by atoms with Gasteiger partial charge in [0.25, 0.3) is 0 Å². The van der Waals surface area contributed by atoms with Crippen LogP contribution in [0.2, 0.25) is 0 Å². The van der Waals surface area contributed by atoms with Crippen molar-refractivity contribution < 1.29 is 9.47 Å².